The smallest absolute Gasteiger partial charge is 0.237 e. The van der Waals surface area contributed by atoms with Gasteiger partial charge in [-0.1, -0.05) is 6.07 Å². The van der Waals surface area contributed by atoms with E-state index in [1.807, 2.05) is 24.5 Å². The third-order valence-electron chi connectivity index (χ3n) is 2.14. The normalized spacial score (nSPS) is 12.1. The number of nitrogens with zero attached hydrogens (tertiary/aromatic N) is 1. The molecule has 1 aromatic heterocycles. The van der Waals surface area contributed by atoms with Crippen molar-refractivity contribution < 1.29 is 4.79 Å². The Labute approximate surface area is 100 Å². The molecule has 1 atom stereocenters. The van der Waals surface area contributed by atoms with Crippen LogP contribution in [0.4, 0.5) is 0 Å². The average molecular weight is 239 g/mol. The molecule has 0 aliphatic carbocycles. The number of amides is 1. The van der Waals surface area contributed by atoms with Crippen LogP contribution in [0.1, 0.15) is 12.1 Å². The van der Waals surface area contributed by atoms with E-state index in [0.717, 1.165) is 11.4 Å². The van der Waals surface area contributed by atoms with Crippen molar-refractivity contribution in [3.8, 4) is 0 Å². The lowest BCUT2D eigenvalue weighted by molar-refractivity contribution is -0.122. The summed E-state index contributed by atoms with van der Waals surface area (Å²) in [7, 11) is 0. The molecule has 5 heteroatoms. The van der Waals surface area contributed by atoms with E-state index >= 15 is 0 Å². The monoisotopic (exact) mass is 239 g/mol. The zero-order valence-corrected chi connectivity index (χ0v) is 10.2. The van der Waals surface area contributed by atoms with Crippen molar-refractivity contribution in [2.45, 2.75) is 19.0 Å². The highest BCUT2D eigenvalue weighted by atomic mass is 32.2. The number of hydrogen-bond donors (Lipinski definition) is 2. The number of aromatic nitrogens is 1. The zero-order valence-electron chi connectivity index (χ0n) is 9.35. The molecule has 1 unspecified atom stereocenters. The lowest BCUT2D eigenvalue weighted by Gasteiger charge is -2.11. The summed E-state index contributed by atoms with van der Waals surface area (Å²) in [4.78, 5) is 15.7. The van der Waals surface area contributed by atoms with Gasteiger partial charge in [0, 0.05) is 6.20 Å². The molecule has 88 valence electrons. The molecule has 0 fully saturated rings. The number of carbonyl (C=O) groups is 1. The zero-order chi connectivity index (χ0) is 11.8. The summed E-state index contributed by atoms with van der Waals surface area (Å²) in [5.41, 5.74) is 6.56. The van der Waals surface area contributed by atoms with Crippen molar-refractivity contribution in [3.05, 3.63) is 30.1 Å². The fraction of sp³-hybridized carbons (Fsp3) is 0.455. The van der Waals surface area contributed by atoms with Crippen LogP contribution in [0.25, 0.3) is 0 Å². The minimum atomic E-state index is -0.420. The highest BCUT2D eigenvalue weighted by Gasteiger charge is 2.12. The van der Waals surface area contributed by atoms with Gasteiger partial charge >= 0.3 is 0 Å². The second-order valence-corrected chi connectivity index (χ2v) is 4.41. The SMILES string of the molecule is CSCCC(N)C(=O)NCc1ccccn1. The number of nitrogens with one attached hydrogen (secondary N) is 1. The Hall–Kier alpha value is -1.07. The minimum absolute atomic E-state index is 0.111. The maximum Gasteiger partial charge on any atom is 0.237 e. The lowest BCUT2D eigenvalue weighted by Crippen LogP contribution is -2.40. The number of thioether (sulfide) groups is 1. The molecule has 3 N–H and O–H groups in total. The van der Waals surface area contributed by atoms with Gasteiger partial charge in [-0.15, -0.1) is 0 Å². The van der Waals surface area contributed by atoms with Crippen molar-refractivity contribution in [1.29, 1.82) is 0 Å². The van der Waals surface area contributed by atoms with Gasteiger partial charge < -0.3 is 11.1 Å². The van der Waals surface area contributed by atoms with Gasteiger partial charge in [0.15, 0.2) is 0 Å². The van der Waals surface area contributed by atoms with E-state index in [1.54, 1.807) is 18.0 Å². The topological polar surface area (TPSA) is 68.0 Å². The number of pyridine rings is 1. The van der Waals surface area contributed by atoms with E-state index in [1.165, 1.54) is 0 Å². The molecular weight excluding hydrogens is 222 g/mol. The van der Waals surface area contributed by atoms with E-state index in [2.05, 4.69) is 10.3 Å². The highest BCUT2D eigenvalue weighted by molar-refractivity contribution is 7.98. The van der Waals surface area contributed by atoms with Gasteiger partial charge in [-0.3, -0.25) is 9.78 Å². The first kappa shape index (κ1) is 13.0. The molecule has 1 heterocycles. The van der Waals surface area contributed by atoms with E-state index < -0.39 is 6.04 Å². The van der Waals surface area contributed by atoms with E-state index in [4.69, 9.17) is 5.73 Å². The molecular formula is C11H17N3OS. The molecule has 0 saturated heterocycles. The maximum atomic E-state index is 11.5. The van der Waals surface area contributed by atoms with E-state index in [-0.39, 0.29) is 5.91 Å². The first-order valence-electron chi connectivity index (χ1n) is 5.16. The molecule has 0 radical (unpaired) electrons. The largest absolute Gasteiger partial charge is 0.349 e. The van der Waals surface area contributed by atoms with Gasteiger partial charge in [-0.25, -0.2) is 0 Å². The van der Waals surface area contributed by atoms with Crippen molar-refractivity contribution >= 4 is 17.7 Å². The molecule has 0 saturated carbocycles. The third kappa shape index (κ3) is 4.63. The summed E-state index contributed by atoms with van der Waals surface area (Å²) >= 11 is 1.69. The van der Waals surface area contributed by atoms with Crippen molar-refractivity contribution in [2.75, 3.05) is 12.0 Å². The molecule has 0 bridgehead atoms. The summed E-state index contributed by atoms with van der Waals surface area (Å²) in [6.45, 7) is 0.437. The van der Waals surface area contributed by atoms with Crippen LogP contribution in [0.3, 0.4) is 0 Å². The Morgan fingerprint density at radius 1 is 1.62 bits per heavy atom. The first-order valence-corrected chi connectivity index (χ1v) is 6.55. The molecule has 0 aliphatic heterocycles. The van der Waals surface area contributed by atoms with Crippen LogP contribution in [-0.4, -0.2) is 28.9 Å². The Morgan fingerprint density at radius 2 is 2.44 bits per heavy atom. The Kier molecular flexibility index (Phi) is 5.88. The molecule has 1 aromatic rings. The fourth-order valence-electron chi connectivity index (χ4n) is 1.19. The van der Waals surface area contributed by atoms with Gasteiger partial charge in [0.05, 0.1) is 18.3 Å². The van der Waals surface area contributed by atoms with Crippen LogP contribution < -0.4 is 11.1 Å². The third-order valence-corrected chi connectivity index (χ3v) is 2.78. The maximum absolute atomic E-state index is 11.5. The summed E-state index contributed by atoms with van der Waals surface area (Å²) in [5, 5.41) is 2.77. The molecule has 1 rings (SSSR count). The van der Waals surface area contributed by atoms with Gasteiger partial charge in [0.1, 0.15) is 0 Å². The standard InChI is InChI=1S/C11H17N3OS/c1-16-7-5-10(12)11(15)14-8-9-4-2-3-6-13-9/h2-4,6,10H,5,7-8,12H2,1H3,(H,14,15). The predicted octanol–water partition coefficient (Wildman–Crippen LogP) is 0.778. The van der Waals surface area contributed by atoms with Crippen LogP contribution in [0.2, 0.25) is 0 Å². The number of carbonyl (C=O) groups excluding carboxylic acids is 1. The number of rotatable bonds is 6. The molecule has 16 heavy (non-hydrogen) atoms. The van der Waals surface area contributed by atoms with E-state index in [9.17, 15) is 4.79 Å². The van der Waals surface area contributed by atoms with Crippen molar-refractivity contribution in [3.63, 3.8) is 0 Å². The number of nitrogens with two attached hydrogens (primary N) is 1. The molecule has 0 aromatic carbocycles. The Balaban J connectivity index is 2.29. The van der Waals surface area contributed by atoms with Crippen LogP contribution in [0.15, 0.2) is 24.4 Å². The molecule has 4 nitrogen and oxygen atoms in total. The minimum Gasteiger partial charge on any atom is -0.349 e. The van der Waals surface area contributed by atoms with Crippen molar-refractivity contribution in [1.82, 2.24) is 10.3 Å². The van der Waals surface area contributed by atoms with Crippen LogP contribution in [0.5, 0.6) is 0 Å². The van der Waals surface area contributed by atoms with Crippen LogP contribution in [0, 0.1) is 0 Å². The highest BCUT2D eigenvalue weighted by Crippen LogP contribution is 1.99. The van der Waals surface area contributed by atoms with Crippen LogP contribution >= 0.6 is 11.8 Å². The van der Waals surface area contributed by atoms with Gasteiger partial charge in [-0.2, -0.15) is 11.8 Å². The number of hydrogen-bond acceptors (Lipinski definition) is 4. The average Bonchev–Trinajstić information content (AvgIpc) is 2.34. The quantitative estimate of drug-likeness (QED) is 0.769. The Bertz CT molecular complexity index is 318. The molecule has 1 amide bonds. The summed E-state index contributed by atoms with van der Waals surface area (Å²) in [6, 6.07) is 5.18. The van der Waals surface area contributed by atoms with Gasteiger partial charge in [0.2, 0.25) is 5.91 Å². The van der Waals surface area contributed by atoms with Crippen LogP contribution in [-0.2, 0) is 11.3 Å². The first-order chi connectivity index (χ1) is 7.74. The predicted molar refractivity (Wildman–Crippen MR) is 67.1 cm³/mol. The van der Waals surface area contributed by atoms with Gasteiger partial charge in [0.25, 0.3) is 0 Å². The van der Waals surface area contributed by atoms with E-state index in [0.29, 0.717) is 13.0 Å². The lowest BCUT2D eigenvalue weighted by atomic mass is 10.2. The Morgan fingerprint density at radius 3 is 3.06 bits per heavy atom. The summed E-state index contributed by atoms with van der Waals surface area (Å²) < 4.78 is 0. The summed E-state index contributed by atoms with van der Waals surface area (Å²) in [5.74, 6) is 0.790. The fourth-order valence-corrected chi connectivity index (χ4v) is 1.68. The summed E-state index contributed by atoms with van der Waals surface area (Å²) in [6.07, 6.45) is 4.41. The van der Waals surface area contributed by atoms with Gasteiger partial charge in [-0.05, 0) is 30.6 Å². The second kappa shape index (κ2) is 7.24. The molecule has 0 spiro atoms. The second-order valence-electron chi connectivity index (χ2n) is 3.43. The van der Waals surface area contributed by atoms with Crippen molar-refractivity contribution in [2.24, 2.45) is 5.73 Å². The molecule has 0 aliphatic rings.